The van der Waals surface area contributed by atoms with Crippen molar-refractivity contribution < 1.29 is 14.6 Å². The SMILES string of the molecule is COCCNCc1cc(Cl)ccc1N1CCOCC1CO. The summed E-state index contributed by atoms with van der Waals surface area (Å²) in [6, 6.07) is 5.88. The normalized spacial score (nSPS) is 19.0. The Kier molecular flexibility index (Phi) is 6.73. The number of benzene rings is 1. The summed E-state index contributed by atoms with van der Waals surface area (Å²) < 4.78 is 10.5. The van der Waals surface area contributed by atoms with Gasteiger partial charge in [-0.25, -0.2) is 0 Å². The van der Waals surface area contributed by atoms with Gasteiger partial charge in [0.25, 0.3) is 0 Å². The Balaban J connectivity index is 2.13. The summed E-state index contributed by atoms with van der Waals surface area (Å²) in [4.78, 5) is 2.20. The van der Waals surface area contributed by atoms with Crippen molar-refractivity contribution in [2.24, 2.45) is 0 Å². The molecule has 0 saturated carbocycles. The molecule has 5 nitrogen and oxygen atoms in total. The first kappa shape index (κ1) is 16.5. The third-order valence-electron chi connectivity index (χ3n) is 3.59. The molecule has 1 aliphatic heterocycles. The van der Waals surface area contributed by atoms with Gasteiger partial charge in [0.05, 0.1) is 32.5 Å². The fourth-order valence-corrected chi connectivity index (χ4v) is 2.69. The second kappa shape index (κ2) is 8.56. The summed E-state index contributed by atoms with van der Waals surface area (Å²) in [6.07, 6.45) is 0. The summed E-state index contributed by atoms with van der Waals surface area (Å²) >= 11 is 6.12. The van der Waals surface area contributed by atoms with Gasteiger partial charge in [-0.2, -0.15) is 0 Å². The first-order valence-electron chi connectivity index (χ1n) is 7.19. The fourth-order valence-electron chi connectivity index (χ4n) is 2.50. The minimum Gasteiger partial charge on any atom is -0.394 e. The Morgan fingerprint density at radius 1 is 1.52 bits per heavy atom. The van der Waals surface area contributed by atoms with E-state index in [1.54, 1.807) is 7.11 Å². The van der Waals surface area contributed by atoms with Gasteiger partial charge in [-0.05, 0) is 23.8 Å². The lowest BCUT2D eigenvalue weighted by Crippen LogP contribution is -2.48. The van der Waals surface area contributed by atoms with E-state index in [1.165, 1.54) is 0 Å². The molecule has 1 atom stereocenters. The molecule has 2 rings (SSSR count). The van der Waals surface area contributed by atoms with Gasteiger partial charge < -0.3 is 24.8 Å². The Hall–Kier alpha value is -0.850. The van der Waals surface area contributed by atoms with Crippen molar-refractivity contribution in [1.82, 2.24) is 5.32 Å². The fraction of sp³-hybridized carbons (Fsp3) is 0.600. The molecule has 1 saturated heterocycles. The number of hydrogen-bond donors (Lipinski definition) is 2. The number of anilines is 1. The third-order valence-corrected chi connectivity index (χ3v) is 3.82. The van der Waals surface area contributed by atoms with Crippen LogP contribution in [0.3, 0.4) is 0 Å². The van der Waals surface area contributed by atoms with Crippen LogP contribution >= 0.6 is 11.6 Å². The molecule has 1 heterocycles. The second-order valence-corrected chi connectivity index (χ2v) is 5.48. The van der Waals surface area contributed by atoms with Crippen LogP contribution in [0.1, 0.15) is 5.56 Å². The first-order valence-corrected chi connectivity index (χ1v) is 7.57. The Labute approximate surface area is 130 Å². The number of ether oxygens (including phenoxy) is 2. The molecule has 0 spiro atoms. The maximum Gasteiger partial charge on any atom is 0.0755 e. The molecule has 6 heteroatoms. The number of aliphatic hydroxyl groups is 1. The van der Waals surface area contributed by atoms with Gasteiger partial charge >= 0.3 is 0 Å². The number of rotatable bonds is 7. The molecule has 1 aromatic rings. The highest BCUT2D eigenvalue weighted by molar-refractivity contribution is 6.30. The minimum atomic E-state index is -0.00218. The molecule has 1 fully saturated rings. The largest absolute Gasteiger partial charge is 0.394 e. The molecular formula is C15H23ClN2O3. The highest BCUT2D eigenvalue weighted by Gasteiger charge is 2.24. The number of hydrogen-bond acceptors (Lipinski definition) is 5. The van der Waals surface area contributed by atoms with Crippen molar-refractivity contribution in [2.75, 3.05) is 51.5 Å². The quantitative estimate of drug-likeness (QED) is 0.743. The van der Waals surface area contributed by atoms with Crippen LogP contribution in [-0.2, 0) is 16.0 Å². The first-order chi connectivity index (χ1) is 10.3. The standard InChI is InChI=1S/C15H23ClN2O3/c1-20-6-4-17-9-12-8-13(16)2-3-15(12)18-5-7-21-11-14(18)10-19/h2-3,8,14,17,19H,4-7,9-11H2,1H3. The van der Waals surface area contributed by atoms with Crippen molar-refractivity contribution in [3.05, 3.63) is 28.8 Å². The Bertz CT molecular complexity index is 445. The van der Waals surface area contributed by atoms with E-state index >= 15 is 0 Å². The van der Waals surface area contributed by atoms with Gasteiger partial charge in [-0.3, -0.25) is 0 Å². The van der Waals surface area contributed by atoms with Crippen LogP contribution in [0.2, 0.25) is 5.02 Å². The number of nitrogens with zero attached hydrogens (tertiary/aromatic N) is 1. The zero-order valence-electron chi connectivity index (χ0n) is 12.3. The average molecular weight is 315 g/mol. The van der Waals surface area contributed by atoms with E-state index in [4.69, 9.17) is 21.1 Å². The molecule has 118 valence electrons. The summed E-state index contributed by atoms with van der Waals surface area (Å²) in [6.45, 7) is 4.26. The van der Waals surface area contributed by atoms with Gasteiger partial charge in [-0.15, -0.1) is 0 Å². The van der Waals surface area contributed by atoms with Crippen LogP contribution in [0.5, 0.6) is 0 Å². The number of halogens is 1. The van der Waals surface area contributed by atoms with Crippen molar-refractivity contribution in [1.29, 1.82) is 0 Å². The lowest BCUT2D eigenvalue weighted by molar-refractivity contribution is 0.0726. The van der Waals surface area contributed by atoms with Gasteiger partial charge in [0, 0.05) is 37.5 Å². The monoisotopic (exact) mass is 314 g/mol. The molecule has 0 amide bonds. The van der Waals surface area contributed by atoms with Gasteiger partial charge in [0.2, 0.25) is 0 Å². The molecule has 1 aliphatic rings. The van der Waals surface area contributed by atoms with E-state index in [0.717, 1.165) is 35.9 Å². The summed E-state index contributed by atoms with van der Waals surface area (Å²) in [7, 11) is 1.69. The van der Waals surface area contributed by atoms with E-state index in [2.05, 4.69) is 10.2 Å². The average Bonchev–Trinajstić information content (AvgIpc) is 2.52. The molecule has 0 aliphatic carbocycles. The van der Waals surface area contributed by atoms with Crippen molar-refractivity contribution >= 4 is 17.3 Å². The van der Waals surface area contributed by atoms with E-state index in [9.17, 15) is 5.11 Å². The van der Waals surface area contributed by atoms with Gasteiger partial charge in [0.15, 0.2) is 0 Å². The number of aliphatic hydroxyl groups excluding tert-OH is 1. The maximum atomic E-state index is 9.53. The molecule has 1 aromatic carbocycles. The van der Waals surface area contributed by atoms with Crippen LogP contribution in [0.15, 0.2) is 18.2 Å². The molecule has 21 heavy (non-hydrogen) atoms. The van der Waals surface area contributed by atoms with Crippen LogP contribution < -0.4 is 10.2 Å². The van der Waals surface area contributed by atoms with E-state index < -0.39 is 0 Å². The number of nitrogens with one attached hydrogen (secondary N) is 1. The van der Waals surface area contributed by atoms with Crippen molar-refractivity contribution in [2.45, 2.75) is 12.6 Å². The van der Waals surface area contributed by atoms with Crippen LogP contribution in [0.4, 0.5) is 5.69 Å². The van der Waals surface area contributed by atoms with E-state index in [0.29, 0.717) is 19.8 Å². The molecule has 0 aromatic heterocycles. The zero-order chi connectivity index (χ0) is 15.1. The van der Waals surface area contributed by atoms with Crippen LogP contribution in [0, 0.1) is 0 Å². The minimum absolute atomic E-state index is 0.00218. The van der Waals surface area contributed by atoms with E-state index in [1.807, 2.05) is 18.2 Å². The topological polar surface area (TPSA) is 54.0 Å². The third kappa shape index (κ3) is 4.56. The Morgan fingerprint density at radius 2 is 2.38 bits per heavy atom. The zero-order valence-corrected chi connectivity index (χ0v) is 13.1. The van der Waals surface area contributed by atoms with Crippen LogP contribution in [0.25, 0.3) is 0 Å². The van der Waals surface area contributed by atoms with Gasteiger partial charge in [-0.1, -0.05) is 11.6 Å². The van der Waals surface area contributed by atoms with Crippen molar-refractivity contribution in [3.8, 4) is 0 Å². The van der Waals surface area contributed by atoms with Crippen molar-refractivity contribution in [3.63, 3.8) is 0 Å². The predicted molar refractivity (Wildman–Crippen MR) is 84.1 cm³/mol. The molecule has 1 unspecified atom stereocenters. The summed E-state index contributed by atoms with van der Waals surface area (Å²) in [5.74, 6) is 0. The molecule has 0 radical (unpaired) electrons. The number of methoxy groups -OCH3 is 1. The highest BCUT2D eigenvalue weighted by Crippen LogP contribution is 2.27. The number of morpholine rings is 1. The van der Waals surface area contributed by atoms with Crippen LogP contribution in [-0.4, -0.2) is 57.8 Å². The smallest absolute Gasteiger partial charge is 0.0755 e. The lowest BCUT2D eigenvalue weighted by atomic mass is 10.1. The highest BCUT2D eigenvalue weighted by atomic mass is 35.5. The maximum absolute atomic E-state index is 9.53. The van der Waals surface area contributed by atoms with Gasteiger partial charge in [0.1, 0.15) is 0 Å². The second-order valence-electron chi connectivity index (χ2n) is 5.05. The Morgan fingerprint density at radius 3 is 3.14 bits per heavy atom. The molecule has 2 N–H and O–H groups in total. The summed E-state index contributed by atoms with van der Waals surface area (Å²) in [5, 5.41) is 13.6. The lowest BCUT2D eigenvalue weighted by Gasteiger charge is -2.37. The van der Waals surface area contributed by atoms with E-state index in [-0.39, 0.29) is 12.6 Å². The molecule has 0 bridgehead atoms. The summed E-state index contributed by atoms with van der Waals surface area (Å²) in [5.41, 5.74) is 2.23. The molecular weight excluding hydrogens is 292 g/mol. The predicted octanol–water partition coefficient (Wildman–Crippen LogP) is 1.27.